The Morgan fingerprint density at radius 3 is 2.92 bits per heavy atom. The Morgan fingerprint density at radius 2 is 2.21 bits per heavy atom. The van der Waals surface area contributed by atoms with Crippen molar-refractivity contribution in [3.63, 3.8) is 0 Å². The van der Waals surface area contributed by atoms with E-state index in [-0.39, 0.29) is 18.2 Å². The summed E-state index contributed by atoms with van der Waals surface area (Å²) in [5.74, 6) is -0.474. The molecule has 0 radical (unpaired) electrons. The van der Waals surface area contributed by atoms with Crippen LogP contribution in [0, 0.1) is 6.92 Å². The van der Waals surface area contributed by atoms with Crippen LogP contribution in [0.1, 0.15) is 12.0 Å². The van der Waals surface area contributed by atoms with Crippen molar-refractivity contribution in [3.8, 4) is 0 Å². The van der Waals surface area contributed by atoms with E-state index in [4.69, 9.17) is 16.3 Å². The number of ether oxygens (including phenoxy) is 1. The summed E-state index contributed by atoms with van der Waals surface area (Å²) in [6.45, 7) is 4.60. The average molecular weight is 368 g/mol. The van der Waals surface area contributed by atoms with Gasteiger partial charge in [0.25, 0.3) is 5.91 Å². The molecule has 0 unspecified atom stereocenters. The summed E-state index contributed by atoms with van der Waals surface area (Å²) >= 11 is 7.41. The molecule has 0 bridgehead atoms. The first-order valence-corrected chi connectivity index (χ1v) is 8.96. The second-order valence-corrected chi connectivity index (χ2v) is 7.23. The molecule has 0 aromatic heterocycles. The van der Waals surface area contributed by atoms with E-state index in [0.717, 1.165) is 18.7 Å². The fourth-order valence-corrected chi connectivity index (χ4v) is 3.75. The van der Waals surface area contributed by atoms with Crippen LogP contribution in [0.4, 0.5) is 5.69 Å². The Balaban J connectivity index is 1.55. The monoisotopic (exact) mass is 367 g/mol. The van der Waals surface area contributed by atoms with E-state index < -0.39 is 5.25 Å². The van der Waals surface area contributed by atoms with Crippen LogP contribution in [-0.2, 0) is 14.3 Å². The van der Waals surface area contributed by atoms with Gasteiger partial charge in [-0.05, 0) is 24.6 Å². The lowest BCUT2D eigenvalue weighted by Gasteiger charge is -2.27. The zero-order valence-electron chi connectivity index (χ0n) is 13.3. The number of carbonyl (C=O) groups excluding carboxylic acids is 2. The predicted molar refractivity (Wildman–Crippen MR) is 95.6 cm³/mol. The van der Waals surface area contributed by atoms with Crippen molar-refractivity contribution in [3.05, 3.63) is 28.8 Å². The second kappa shape index (κ2) is 7.55. The first-order chi connectivity index (χ1) is 11.5. The van der Waals surface area contributed by atoms with Crippen molar-refractivity contribution >= 4 is 46.0 Å². The van der Waals surface area contributed by atoms with Gasteiger partial charge in [0.05, 0.1) is 13.2 Å². The Morgan fingerprint density at radius 1 is 1.46 bits per heavy atom. The molecule has 1 aromatic carbocycles. The molecule has 0 aliphatic carbocycles. The lowest BCUT2D eigenvalue weighted by Crippen LogP contribution is -2.39. The number of nitrogens with one attached hydrogen (secondary N) is 1. The number of hydrogen-bond acceptors (Lipinski definition) is 5. The summed E-state index contributed by atoms with van der Waals surface area (Å²) in [5.41, 5.74) is 1.57. The van der Waals surface area contributed by atoms with E-state index in [9.17, 15) is 9.59 Å². The number of halogens is 1. The topological polar surface area (TPSA) is 71.0 Å². The number of benzene rings is 1. The molecule has 2 aliphatic rings. The van der Waals surface area contributed by atoms with Crippen LogP contribution in [0.5, 0.6) is 0 Å². The molecule has 24 heavy (non-hydrogen) atoms. The Kier molecular flexibility index (Phi) is 5.43. The molecule has 1 N–H and O–H groups in total. The summed E-state index contributed by atoms with van der Waals surface area (Å²) in [6, 6.07) is 5.33. The number of rotatable bonds is 3. The fourth-order valence-electron chi connectivity index (χ4n) is 2.45. The van der Waals surface area contributed by atoms with Crippen LogP contribution in [-0.4, -0.2) is 53.4 Å². The van der Waals surface area contributed by atoms with E-state index >= 15 is 0 Å². The molecule has 6 nitrogen and oxygen atoms in total. The number of morpholine rings is 1. The van der Waals surface area contributed by atoms with E-state index in [1.54, 1.807) is 12.1 Å². The standard InChI is InChI=1S/C16H18ClN3O3S/c1-10-2-3-11(8-12(10)17)18-14(21)9-13-15(22)19-16(24-13)20-4-6-23-7-5-20/h2-3,8,13H,4-7,9H2,1H3,(H,18,21)/t13-/m1/s1. The third-order valence-corrected chi connectivity index (χ3v) is 5.46. The van der Waals surface area contributed by atoms with Crippen LogP contribution in [0.25, 0.3) is 0 Å². The molecule has 1 atom stereocenters. The highest BCUT2D eigenvalue weighted by Crippen LogP contribution is 2.28. The zero-order valence-corrected chi connectivity index (χ0v) is 14.8. The van der Waals surface area contributed by atoms with Crippen molar-refractivity contribution in [2.24, 2.45) is 4.99 Å². The lowest BCUT2D eigenvalue weighted by molar-refractivity contribution is -0.121. The number of anilines is 1. The number of amides is 2. The minimum absolute atomic E-state index is 0.0896. The van der Waals surface area contributed by atoms with Gasteiger partial charge in [-0.15, -0.1) is 0 Å². The maximum Gasteiger partial charge on any atom is 0.262 e. The maximum atomic E-state index is 12.2. The molecular formula is C16H18ClN3O3S. The molecule has 2 amide bonds. The van der Waals surface area contributed by atoms with Crippen molar-refractivity contribution in [1.29, 1.82) is 0 Å². The zero-order chi connectivity index (χ0) is 17.1. The van der Waals surface area contributed by atoms with Gasteiger partial charge in [0.2, 0.25) is 5.91 Å². The van der Waals surface area contributed by atoms with Gasteiger partial charge in [0.1, 0.15) is 5.25 Å². The molecule has 1 saturated heterocycles. The van der Waals surface area contributed by atoms with Gasteiger partial charge in [-0.1, -0.05) is 29.4 Å². The maximum absolute atomic E-state index is 12.2. The van der Waals surface area contributed by atoms with E-state index in [2.05, 4.69) is 10.3 Å². The minimum atomic E-state index is -0.469. The third-order valence-electron chi connectivity index (χ3n) is 3.84. The van der Waals surface area contributed by atoms with Crippen LogP contribution < -0.4 is 5.32 Å². The molecule has 0 spiro atoms. The van der Waals surface area contributed by atoms with Crippen LogP contribution in [0.2, 0.25) is 5.02 Å². The first-order valence-electron chi connectivity index (χ1n) is 7.71. The summed E-state index contributed by atoms with van der Waals surface area (Å²) < 4.78 is 5.30. The summed E-state index contributed by atoms with van der Waals surface area (Å²) in [7, 11) is 0. The molecule has 3 rings (SSSR count). The van der Waals surface area contributed by atoms with Gasteiger partial charge >= 0.3 is 0 Å². The van der Waals surface area contributed by atoms with Gasteiger partial charge in [0.15, 0.2) is 5.17 Å². The number of hydrogen-bond donors (Lipinski definition) is 1. The van der Waals surface area contributed by atoms with E-state index in [1.807, 2.05) is 17.9 Å². The van der Waals surface area contributed by atoms with Gasteiger partial charge in [-0.25, -0.2) is 0 Å². The number of carbonyl (C=O) groups is 2. The van der Waals surface area contributed by atoms with Gasteiger partial charge in [0, 0.05) is 30.2 Å². The van der Waals surface area contributed by atoms with E-state index in [0.29, 0.717) is 29.1 Å². The molecule has 2 aliphatic heterocycles. The van der Waals surface area contributed by atoms with Crippen molar-refractivity contribution in [1.82, 2.24) is 4.90 Å². The third kappa shape index (κ3) is 4.09. The summed E-state index contributed by atoms with van der Waals surface area (Å²) in [4.78, 5) is 30.4. The first kappa shape index (κ1) is 17.3. The van der Waals surface area contributed by atoms with Gasteiger partial charge in [-0.3, -0.25) is 9.59 Å². The highest BCUT2D eigenvalue weighted by molar-refractivity contribution is 8.15. The quantitative estimate of drug-likeness (QED) is 0.887. The predicted octanol–water partition coefficient (Wildman–Crippen LogP) is 2.31. The fraction of sp³-hybridized carbons (Fsp3) is 0.438. The summed E-state index contributed by atoms with van der Waals surface area (Å²) in [5, 5.41) is 3.60. The van der Waals surface area contributed by atoms with E-state index in [1.165, 1.54) is 11.8 Å². The molecule has 1 fully saturated rings. The Labute approximate surface area is 149 Å². The highest BCUT2D eigenvalue weighted by Gasteiger charge is 2.33. The number of aryl methyl sites for hydroxylation is 1. The average Bonchev–Trinajstić information content (AvgIpc) is 2.93. The molecule has 1 aromatic rings. The normalized spacial score (nSPS) is 20.9. The van der Waals surface area contributed by atoms with Crippen LogP contribution in [0.15, 0.2) is 23.2 Å². The molecule has 2 heterocycles. The van der Waals surface area contributed by atoms with Gasteiger partial charge in [-0.2, -0.15) is 4.99 Å². The Hall–Kier alpha value is -1.57. The highest BCUT2D eigenvalue weighted by atomic mass is 35.5. The number of aliphatic imine (C=N–C) groups is 1. The van der Waals surface area contributed by atoms with Crippen LogP contribution in [0.3, 0.4) is 0 Å². The number of thioether (sulfide) groups is 1. The van der Waals surface area contributed by atoms with Crippen LogP contribution >= 0.6 is 23.4 Å². The largest absolute Gasteiger partial charge is 0.378 e. The Bertz CT molecular complexity index is 689. The molecule has 0 saturated carbocycles. The molecule has 8 heteroatoms. The number of nitrogens with zero attached hydrogens (tertiary/aromatic N) is 2. The van der Waals surface area contributed by atoms with Crippen molar-refractivity contribution < 1.29 is 14.3 Å². The summed E-state index contributed by atoms with van der Waals surface area (Å²) in [6.07, 6.45) is 0.0896. The van der Waals surface area contributed by atoms with Crippen molar-refractivity contribution in [2.75, 3.05) is 31.6 Å². The van der Waals surface area contributed by atoms with Crippen molar-refractivity contribution in [2.45, 2.75) is 18.6 Å². The minimum Gasteiger partial charge on any atom is -0.378 e. The van der Waals surface area contributed by atoms with Gasteiger partial charge < -0.3 is 15.0 Å². The molecule has 128 valence electrons. The second-order valence-electron chi connectivity index (χ2n) is 5.65. The number of amidine groups is 1. The molecular weight excluding hydrogens is 350 g/mol. The smallest absolute Gasteiger partial charge is 0.262 e. The SMILES string of the molecule is Cc1ccc(NC(=O)C[C@H]2SC(N3CCOCC3)=NC2=O)cc1Cl. The lowest BCUT2D eigenvalue weighted by atomic mass is 10.2.